The first-order valence-electron chi connectivity index (χ1n) is 7.29. The maximum atomic E-state index is 12.4. The van der Waals surface area contributed by atoms with E-state index in [0.29, 0.717) is 11.2 Å². The summed E-state index contributed by atoms with van der Waals surface area (Å²) in [7, 11) is 1.38. The predicted octanol–water partition coefficient (Wildman–Crippen LogP) is 1.41. The van der Waals surface area contributed by atoms with Gasteiger partial charge in [-0.15, -0.1) is 0 Å². The summed E-state index contributed by atoms with van der Waals surface area (Å²) in [6, 6.07) is 5.70. The molecule has 2 aromatic heterocycles. The second-order valence-electron chi connectivity index (χ2n) is 5.65. The van der Waals surface area contributed by atoms with Crippen LogP contribution < -0.4 is 16.6 Å². The summed E-state index contributed by atoms with van der Waals surface area (Å²) >= 11 is 1.08. The second-order valence-corrected chi connectivity index (χ2v) is 6.28. The maximum absolute atomic E-state index is 12.4. The molecule has 0 saturated carbocycles. The summed E-state index contributed by atoms with van der Waals surface area (Å²) in [5, 5.41) is 4.40. The molecule has 0 fully saturated rings. The lowest BCUT2D eigenvalue weighted by molar-refractivity contribution is -0.116. The van der Waals surface area contributed by atoms with Crippen LogP contribution in [0.3, 0.4) is 0 Å². The third-order valence-electron chi connectivity index (χ3n) is 3.82. The smallest absolute Gasteiger partial charge is 0.324 e. The van der Waals surface area contributed by atoms with Crippen LogP contribution in [0.2, 0.25) is 0 Å². The van der Waals surface area contributed by atoms with Gasteiger partial charge < -0.3 is 5.32 Å². The molecule has 3 aromatic rings. The van der Waals surface area contributed by atoms with E-state index in [9.17, 15) is 14.4 Å². The van der Waals surface area contributed by atoms with Gasteiger partial charge >= 0.3 is 5.69 Å². The standard InChI is InChI=1S/C16H16N4O3S/c1-9-4-5-11(10(2)6-9)17-13(21)7-20-12-8-24-18-14(12)15(22)19(3)16(20)23/h4-6,8H,7H2,1-3H3,(H,17,21). The van der Waals surface area contributed by atoms with Crippen LogP contribution in [0.25, 0.3) is 11.0 Å². The van der Waals surface area contributed by atoms with Gasteiger partial charge in [-0.2, -0.15) is 4.37 Å². The zero-order chi connectivity index (χ0) is 17.4. The number of rotatable bonds is 3. The molecule has 1 aromatic carbocycles. The topological polar surface area (TPSA) is 86.0 Å². The molecule has 7 nitrogen and oxygen atoms in total. The highest BCUT2D eigenvalue weighted by Crippen LogP contribution is 2.16. The van der Waals surface area contributed by atoms with E-state index in [0.717, 1.165) is 27.2 Å². The van der Waals surface area contributed by atoms with Crippen molar-refractivity contribution in [2.24, 2.45) is 7.05 Å². The van der Waals surface area contributed by atoms with Gasteiger partial charge in [0, 0.05) is 18.1 Å². The van der Waals surface area contributed by atoms with Crippen molar-refractivity contribution in [1.82, 2.24) is 13.5 Å². The molecule has 2 heterocycles. The van der Waals surface area contributed by atoms with Gasteiger partial charge in [0.1, 0.15) is 6.54 Å². The zero-order valence-electron chi connectivity index (χ0n) is 13.5. The normalized spacial score (nSPS) is 11.0. The average Bonchev–Trinajstić information content (AvgIpc) is 3.02. The average molecular weight is 344 g/mol. The highest BCUT2D eigenvalue weighted by Gasteiger charge is 2.15. The van der Waals surface area contributed by atoms with Crippen molar-refractivity contribution in [1.29, 1.82) is 0 Å². The number of aromatic nitrogens is 3. The molecule has 8 heteroatoms. The molecule has 0 bridgehead atoms. The lowest BCUT2D eigenvalue weighted by atomic mass is 10.1. The van der Waals surface area contributed by atoms with E-state index in [-0.39, 0.29) is 18.0 Å². The number of carbonyl (C=O) groups excluding carboxylic acids is 1. The fourth-order valence-electron chi connectivity index (χ4n) is 2.54. The Hall–Kier alpha value is -2.74. The Kier molecular flexibility index (Phi) is 4.06. The summed E-state index contributed by atoms with van der Waals surface area (Å²) in [5.74, 6) is -0.338. The molecule has 0 aliphatic rings. The molecule has 0 radical (unpaired) electrons. The van der Waals surface area contributed by atoms with Crippen LogP contribution in [-0.4, -0.2) is 19.4 Å². The number of nitrogens with one attached hydrogen (secondary N) is 1. The first-order valence-corrected chi connectivity index (χ1v) is 8.13. The van der Waals surface area contributed by atoms with Crippen molar-refractivity contribution in [2.75, 3.05) is 5.32 Å². The number of aryl methyl sites for hydroxylation is 2. The maximum Gasteiger partial charge on any atom is 0.331 e. The lowest BCUT2D eigenvalue weighted by Gasteiger charge is -2.11. The quantitative estimate of drug-likeness (QED) is 0.778. The fourth-order valence-corrected chi connectivity index (χ4v) is 3.21. The Balaban J connectivity index is 1.95. The first-order chi connectivity index (χ1) is 11.4. The molecule has 0 saturated heterocycles. The van der Waals surface area contributed by atoms with Crippen molar-refractivity contribution < 1.29 is 4.79 Å². The van der Waals surface area contributed by atoms with Crippen LogP contribution >= 0.6 is 11.5 Å². The van der Waals surface area contributed by atoms with Crippen LogP contribution in [0.15, 0.2) is 33.2 Å². The third kappa shape index (κ3) is 2.76. The summed E-state index contributed by atoms with van der Waals surface area (Å²) in [5.41, 5.74) is 2.32. The molecule has 0 aliphatic carbocycles. The number of carbonyl (C=O) groups is 1. The third-order valence-corrected chi connectivity index (χ3v) is 4.44. The Morgan fingerprint density at radius 2 is 2.04 bits per heavy atom. The molecule has 0 unspecified atom stereocenters. The van der Waals surface area contributed by atoms with E-state index in [1.807, 2.05) is 32.0 Å². The lowest BCUT2D eigenvalue weighted by Crippen LogP contribution is -2.40. The second kappa shape index (κ2) is 6.04. The van der Waals surface area contributed by atoms with Gasteiger partial charge in [0.05, 0.1) is 5.52 Å². The van der Waals surface area contributed by atoms with Gasteiger partial charge in [0.15, 0.2) is 5.52 Å². The molecule has 1 N–H and O–H groups in total. The summed E-state index contributed by atoms with van der Waals surface area (Å²) in [4.78, 5) is 36.7. The Morgan fingerprint density at radius 3 is 2.75 bits per heavy atom. The van der Waals surface area contributed by atoms with Crippen molar-refractivity contribution >= 4 is 34.2 Å². The van der Waals surface area contributed by atoms with E-state index < -0.39 is 11.2 Å². The molecular weight excluding hydrogens is 328 g/mol. The fraction of sp³-hybridized carbons (Fsp3) is 0.250. The molecular formula is C16H16N4O3S. The van der Waals surface area contributed by atoms with Crippen LogP contribution in [0, 0.1) is 13.8 Å². The molecule has 124 valence electrons. The monoisotopic (exact) mass is 344 g/mol. The molecule has 0 atom stereocenters. The highest BCUT2D eigenvalue weighted by atomic mass is 32.1. The van der Waals surface area contributed by atoms with Crippen molar-refractivity contribution in [3.05, 3.63) is 55.5 Å². The minimum atomic E-state index is -0.538. The molecule has 24 heavy (non-hydrogen) atoms. The van der Waals surface area contributed by atoms with Crippen LogP contribution in [-0.2, 0) is 18.4 Å². The Morgan fingerprint density at radius 1 is 1.29 bits per heavy atom. The summed E-state index contributed by atoms with van der Waals surface area (Å²) < 4.78 is 6.24. The van der Waals surface area contributed by atoms with Gasteiger partial charge in [-0.25, -0.2) is 4.79 Å². The van der Waals surface area contributed by atoms with Crippen LogP contribution in [0.5, 0.6) is 0 Å². The number of nitrogens with zero attached hydrogens (tertiary/aromatic N) is 3. The van der Waals surface area contributed by atoms with Gasteiger partial charge in [-0.3, -0.25) is 18.7 Å². The van der Waals surface area contributed by atoms with Crippen molar-refractivity contribution in [3.8, 4) is 0 Å². The largest absolute Gasteiger partial charge is 0.331 e. The summed E-state index contributed by atoms with van der Waals surface area (Å²) in [6.07, 6.45) is 0. The number of hydrogen-bond acceptors (Lipinski definition) is 5. The number of benzene rings is 1. The van der Waals surface area contributed by atoms with Gasteiger partial charge in [0.25, 0.3) is 5.56 Å². The highest BCUT2D eigenvalue weighted by molar-refractivity contribution is 7.04. The SMILES string of the molecule is Cc1ccc(NC(=O)Cn2c(=O)n(C)c(=O)c3nscc32)c(C)c1. The van der Waals surface area contributed by atoms with Crippen LogP contribution in [0.4, 0.5) is 5.69 Å². The van der Waals surface area contributed by atoms with E-state index in [2.05, 4.69) is 9.69 Å². The Labute approximate surface area is 141 Å². The van der Waals surface area contributed by atoms with Gasteiger partial charge in [0.2, 0.25) is 5.91 Å². The molecule has 1 amide bonds. The van der Waals surface area contributed by atoms with E-state index >= 15 is 0 Å². The minimum absolute atomic E-state index is 0.185. The number of fused-ring (bicyclic) bond motifs is 1. The van der Waals surface area contributed by atoms with E-state index in [1.165, 1.54) is 11.6 Å². The minimum Gasteiger partial charge on any atom is -0.324 e. The zero-order valence-corrected chi connectivity index (χ0v) is 14.3. The van der Waals surface area contributed by atoms with E-state index in [4.69, 9.17) is 0 Å². The van der Waals surface area contributed by atoms with Crippen molar-refractivity contribution in [2.45, 2.75) is 20.4 Å². The van der Waals surface area contributed by atoms with Gasteiger partial charge in [-0.1, -0.05) is 17.7 Å². The Bertz CT molecular complexity index is 1060. The first kappa shape index (κ1) is 16.1. The van der Waals surface area contributed by atoms with Gasteiger partial charge in [-0.05, 0) is 37.0 Å². The molecule has 0 spiro atoms. The number of anilines is 1. The molecule has 3 rings (SSSR count). The summed E-state index contributed by atoms with van der Waals surface area (Å²) in [6.45, 7) is 3.69. The predicted molar refractivity (Wildman–Crippen MR) is 93.7 cm³/mol. The number of hydrogen-bond donors (Lipinski definition) is 1. The molecule has 0 aliphatic heterocycles. The van der Waals surface area contributed by atoms with E-state index in [1.54, 1.807) is 5.38 Å². The van der Waals surface area contributed by atoms with Crippen LogP contribution in [0.1, 0.15) is 11.1 Å². The number of amides is 1. The van der Waals surface area contributed by atoms with Crippen molar-refractivity contribution in [3.63, 3.8) is 0 Å².